The molecule has 0 fully saturated rings. The van der Waals surface area contributed by atoms with Crippen LogP contribution in [0.25, 0.3) is 0 Å². The molecule has 224 valence electrons. The van der Waals surface area contributed by atoms with Gasteiger partial charge >= 0.3 is 12.3 Å². The minimum Gasteiger partial charge on any atom is -0.428 e. The highest BCUT2D eigenvalue weighted by atomic mass is 127. The molecule has 2 aromatic carbocycles. The first-order valence-electron chi connectivity index (χ1n) is 12.3. The number of rotatable bonds is 2. The summed E-state index contributed by atoms with van der Waals surface area (Å²) in [4.78, 5) is 23.9. The highest BCUT2D eigenvalue weighted by Crippen LogP contribution is 2.26. The summed E-state index contributed by atoms with van der Waals surface area (Å²) in [6, 6.07) is 10.7. The molecule has 41 heavy (non-hydrogen) atoms. The van der Waals surface area contributed by atoms with Crippen molar-refractivity contribution in [2.45, 2.75) is 66.6 Å². The molecule has 0 aliphatic carbocycles. The van der Waals surface area contributed by atoms with Gasteiger partial charge in [0.05, 0.1) is 10.0 Å². The van der Waals surface area contributed by atoms with E-state index < -0.39 is 23.5 Å². The van der Waals surface area contributed by atoms with Gasteiger partial charge in [0.2, 0.25) is 0 Å². The van der Waals surface area contributed by atoms with Gasteiger partial charge in [-0.15, -0.1) is 12.8 Å². The third-order valence-corrected chi connectivity index (χ3v) is 5.51. The predicted octanol–water partition coefficient (Wildman–Crippen LogP) is 10.7. The third kappa shape index (κ3) is 24.4. The Bertz CT molecular complexity index is 1370. The molecule has 6 nitrogen and oxygen atoms in total. The number of carbonyl (C=O) groups excluding carboxylic acids is 2. The summed E-state index contributed by atoms with van der Waals surface area (Å²) in [5.41, 5.74) is 1.40. The van der Waals surface area contributed by atoms with E-state index in [2.05, 4.69) is 82.2 Å². The summed E-state index contributed by atoms with van der Waals surface area (Å²) < 4.78 is 34.5. The third-order valence-electron chi connectivity index (χ3n) is 3.62. The van der Waals surface area contributed by atoms with E-state index in [4.69, 9.17) is 28.0 Å². The number of ether oxygens (including phenoxy) is 4. The molecule has 1 unspecified atom stereocenters. The van der Waals surface area contributed by atoms with Gasteiger partial charge in [-0.1, -0.05) is 26.0 Å². The molecule has 0 aliphatic rings. The number of hydrogen-bond acceptors (Lipinski definition) is 7. The normalized spacial score (nSPS) is 11.4. The fraction of sp³-hybridized carbons (Fsp3) is 0.357. The molecular weight excluding hydrogens is 892 g/mol. The van der Waals surface area contributed by atoms with E-state index in [1.807, 2.05) is 32.4 Å². The predicted molar refractivity (Wildman–Crippen MR) is 199 cm³/mol. The molecule has 0 heterocycles. The van der Waals surface area contributed by atoms with E-state index in [0.29, 0.717) is 25.0 Å². The highest BCUT2D eigenvalue weighted by molar-refractivity contribution is 14.2. The monoisotopic (exact) mass is 928 g/mol. The molecule has 0 saturated heterocycles. The summed E-state index contributed by atoms with van der Waals surface area (Å²) in [6.07, 6.45) is 5.48. The van der Waals surface area contributed by atoms with Crippen LogP contribution in [0.1, 0.15) is 59.6 Å². The number of benzene rings is 2. The summed E-state index contributed by atoms with van der Waals surface area (Å²) in [6.45, 7) is 14.5. The maximum absolute atomic E-state index is 11.5. The maximum atomic E-state index is 11.5. The van der Waals surface area contributed by atoms with Crippen molar-refractivity contribution in [3.8, 4) is 35.5 Å². The van der Waals surface area contributed by atoms with Crippen molar-refractivity contribution in [3.63, 3.8) is 0 Å². The average Bonchev–Trinajstić information content (AvgIpc) is 2.86. The zero-order chi connectivity index (χ0) is 33.8. The Morgan fingerprint density at radius 3 is 1.83 bits per heavy atom. The van der Waals surface area contributed by atoms with Crippen molar-refractivity contribution < 1.29 is 29.9 Å². The second-order valence-corrected chi connectivity index (χ2v) is 21.1. The van der Waals surface area contributed by atoms with E-state index in [-0.39, 0.29) is 7.24 Å². The first-order chi connectivity index (χ1) is 19.8. The highest BCUT2D eigenvalue weighted by Gasteiger charge is 2.20. The van der Waals surface area contributed by atoms with Crippen LogP contribution in [0.15, 0.2) is 40.9 Å². The second kappa shape index (κ2) is 21.8. The van der Waals surface area contributed by atoms with E-state index >= 15 is 0 Å². The van der Waals surface area contributed by atoms with Crippen molar-refractivity contribution in [1.29, 1.82) is 1.28 Å². The van der Waals surface area contributed by atoms with Crippen LogP contribution in [-0.4, -0.2) is 24.8 Å². The molecule has 2 rings (SSSR count). The summed E-state index contributed by atoms with van der Waals surface area (Å²) in [7, 11) is 0.409. The summed E-state index contributed by atoms with van der Waals surface area (Å²) in [5, 5.41) is 2.43. The lowest BCUT2D eigenvalue weighted by Gasteiger charge is -2.19. The summed E-state index contributed by atoms with van der Waals surface area (Å²) in [5.74, 6) is 3.33. The van der Waals surface area contributed by atoms with Crippen LogP contribution in [0, 0.1) is 37.8 Å². The standard InChI is InChI=1S/C14H16O3.C12H15BrO3.C2H2IPS.IPS/c1-6-11-9-10(2)7-8-12(11)16-13(15)17-14(3,4)5;1-8-5-6-10(9(13)7-8)15-11(14)16-12(2,3)4;1-2-5(3)4;1-2-3/h1,7-9H,2-5H3;5-7H,1-4H3;1,4H;/i1T;;4T;. The van der Waals surface area contributed by atoms with Crippen molar-refractivity contribution in [2.75, 3.05) is 0 Å². The Balaban J connectivity index is 0. The zero-order valence-electron chi connectivity index (χ0n) is 25.8. The van der Waals surface area contributed by atoms with Gasteiger partial charge in [0.1, 0.15) is 25.4 Å². The molecule has 0 radical (unpaired) electrons. The fourth-order valence-electron chi connectivity index (χ4n) is 2.24. The molecule has 2 aromatic rings. The number of halogens is 3. The van der Waals surface area contributed by atoms with Crippen LogP contribution in [-0.2, 0) is 28.5 Å². The Hall–Kier alpha value is -0.790. The SMILES string of the molecule is Cc1ccc(OC(=O)OC(C)(C)C)c(Br)c1.S=PI.[3H]C#Cc1cc(C)ccc1OC(=O)OC(C)(C)C.[3H]P=S(I)C#C. The van der Waals surface area contributed by atoms with Gasteiger partial charge in [-0.3, -0.25) is 0 Å². The van der Waals surface area contributed by atoms with Crippen LogP contribution in [0.5, 0.6) is 11.5 Å². The van der Waals surface area contributed by atoms with Crippen LogP contribution in [0.4, 0.5) is 9.59 Å². The topological polar surface area (TPSA) is 71.1 Å². The molecule has 13 heteroatoms. The van der Waals surface area contributed by atoms with Gasteiger partial charge in [0.15, 0.2) is 0 Å². The lowest BCUT2D eigenvalue weighted by atomic mass is 10.1. The number of hydrogen-bond donors (Lipinski definition) is 0. The van der Waals surface area contributed by atoms with Crippen molar-refractivity contribution in [2.24, 2.45) is 0 Å². The number of aryl methyl sites for hydroxylation is 2. The quantitative estimate of drug-likeness (QED) is 0.0977. The van der Waals surface area contributed by atoms with E-state index in [0.717, 1.165) is 20.6 Å². The Morgan fingerprint density at radius 2 is 1.46 bits per heavy atom. The molecule has 0 aliphatic heterocycles. The lowest BCUT2D eigenvalue weighted by Crippen LogP contribution is -2.26. The zero-order valence-corrected chi connectivity index (χ0v) is 33.2. The van der Waals surface area contributed by atoms with Crippen LogP contribution >= 0.6 is 72.1 Å². The number of terminal acetylenes is 2. The minimum absolute atomic E-state index is 0.147. The van der Waals surface area contributed by atoms with Gasteiger partial charge in [0, 0.05) is 26.2 Å². The number of carbonyl (C=O) groups is 2. The Morgan fingerprint density at radius 1 is 1.02 bits per heavy atom. The van der Waals surface area contributed by atoms with Crippen LogP contribution in [0.3, 0.4) is 0 Å². The Labute approximate surface area is 291 Å². The smallest absolute Gasteiger partial charge is 0.428 e. The first-order valence-corrected chi connectivity index (χ1v) is 21.7. The minimum atomic E-state index is -0.778. The molecule has 1 atom stereocenters. The molecular formula is C28H33BrI2O6P2S2. The van der Waals surface area contributed by atoms with E-state index in [1.165, 1.54) is 0 Å². The Kier molecular flexibility index (Phi) is 20.4. The molecule has 0 bridgehead atoms. The van der Waals surface area contributed by atoms with Gasteiger partial charge < -0.3 is 18.9 Å². The summed E-state index contributed by atoms with van der Waals surface area (Å²) >= 11 is 11.8. The largest absolute Gasteiger partial charge is 0.514 e. The van der Waals surface area contributed by atoms with E-state index in [1.54, 1.807) is 65.8 Å². The van der Waals surface area contributed by atoms with Crippen molar-refractivity contribution in [1.82, 2.24) is 0 Å². The van der Waals surface area contributed by atoms with Gasteiger partial charge in [-0.05, 0) is 153 Å². The van der Waals surface area contributed by atoms with Crippen molar-refractivity contribution >= 4 is 103 Å². The van der Waals surface area contributed by atoms with Gasteiger partial charge in [-0.2, -0.15) is 0 Å². The molecule has 0 amide bonds. The second-order valence-electron chi connectivity index (χ2n) is 9.62. The average molecular weight is 929 g/mol. The molecule has 0 aromatic heterocycles. The van der Waals surface area contributed by atoms with Gasteiger partial charge in [-0.25, -0.2) is 9.59 Å². The fourth-order valence-corrected chi connectivity index (χ4v) is 2.81. The van der Waals surface area contributed by atoms with Crippen LogP contribution < -0.4 is 9.47 Å². The van der Waals surface area contributed by atoms with Crippen LogP contribution in [0.2, 0.25) is 0 Å². The molecule has 0 saturated carbocycles. The van der Waals surface area contributed by atoms with Crippen molar-refractivity contribution in [3.05, 3.63) is 57.6 Å². The first kappa shape index (κ1) is 38.2. The lowest BCUT2D eigenvalue weighted by molar-refractivity contribution is 0.0192. The molecule has 0 N–H and O–H groups in total. The molecule has 0 spiro atoms. The van der Waals surface area contributed by atoms with Gasteiger partial charge in [0.25, 0.3) is 0 Å². The van der Waals surface area contributed by atoms with E-state index in [9.17, 15) is 9.59 Å². The maximum Gasteiger partial charge on any atom is 0.514 e.